The summed E-state index contributed by atoms with van der Waals surface area (Å²) in [4.78, 5) is 4.14. The minimum atomic E-state index is 0.244. The van der Waals surface area contributed by atoms with Gasteiger partial charge in [0.2, 0.25) is 0 Å². The Hall–Kier alpha value is -1.26. The maximum Gasteiger partial charge on any atom is 0.152 e. The van der Waals surface area contributed by atoms with Crippen LogP contribution in [-0.2, 0) is 6.42 Å². The lowest BCUT2D eigenvalue weighted by Crippen LogP contribution is -2.08. The van der Waals surface area contributed by atoms with E-state index in [4.69, 9.17) is 16.3 Å². The third-order valence-corrected chi connectivity index (χ3v) is 4.30. The SMILES string of the molecule is COc1ccc2c(c1)C(Nc1cc(Br)cnc1Cl)CC2. The Morgan fingerprint density at radius 2 is 2.25 bits per heavy atom. The van der Waals surface area contributed by atoms with E-state index < -0.39 is 0 Å². The molecule has 0 bridgehead atoms. The molecule has 0 saturated carbocycles. The van der Waals surface area contributed by atoms with Crippen molar-refractivity contribution in [2.75, 3.05) is 12.4 Å². The topological polar surface area (TPSA) is 34.1 Å². The van der Waals surface area contributed by atoms with Crippen LogP contribution >= 0.6 is 27.5 Å². The van der Waals surface area contributed by atoms with Gasteiger partial charge in [0.15, 0.2) is 5.15 Å². The van der Waals surface area contributed by atoms with E-state index in [0.717, 1.165) is 28.8 Å². The molecule has 2 aromatic rings. The molecule has 0 fully saturated rings. The first-order valence-corrected chi connectivity index (χ1v) is 7.59. The molecule has 1 aromatic carbocycles. The van der Waals surface area contributed by atoms with E-state index in [-0.39, 0.29) is 6.04 Å². The molecule has 0 spiro atoms. The predicted molar refractivity (Wildman–Crippen MR) is 84.6 cm³/mol. The van der Waals surface area contributed by atoms with Crippen molar-refractivity contribution in [3.63, 3.8) is 0 Å². The van der Waals surface area contributed by atoms with Gasteiger partial charge in [0.25, 0.3) is 0 Å². The molecule has 0 saturated heterocycles. The average Bonchev–Trinajstić information content (AvgIpc) is 2.85. The van der Waals surface area contributed by atoms with Gasteiger partial charge in [-0.2, -0.15) is 0 Å². The number of halogens is 2. The highest BCUT2D eigenvalue weighted by Gasteiger charge is 2.23. The number of methoxy groups -OCH3 is 1. The molecule has 0 amide bonds. The first-order chi connectivity index (χ1) is 9.67. The van der Waals surface area contributed by atoms with Gasteiger partial charge in [-0.1, -0.05) is 17.7 Å². The highest BCUT2D eigenvalue weighted by Crippen LogP contribution is 2.37. The highest BCUT2D eigenvalue weighted by atomic mass is 79.9. The van der Waals surface area contributed by atoms with Crippen LogP contribution < -0.4 is 10.1 Å². The Morgan fingerprint density at radius 1 is 1.40 bits per heavy atom. The maximum absolute atomic E-state index is 6.14. The maximum atomic E-state index is 6.14. The largest absolute Gasteiger partial charge is 0.497 e. The van der Waals surface area contributed by atoms with Gasteiger partial charge >= 0.3 is 0 Å². The summed E-state index contributed by atoms with van der Waals surface area (Å²) >= 11 is 9.56. The fourth-order valence-electron chi connectivity index (χ4n) is 2.57. The van der Waals surface area contributed by atoms with Gasteiger partial charge in [0.05, 0.1) is 18.8 Å². The minimum Gasteiger partial charge on any atom is -0.497 e. The van der Waals surface area contributed by atoms with Gasteiger partial charge in [0.1, 0.15) is 5.75 Å². The zero-order valence-electron chi connectivity index (χ0n) is 11.0. The highest BCUT2D eigenvalue weighted by molar-refractivity contribution is 9.10. The van der Waals surface area contributed by atoms with Crippen molar-refractivity contribution in [2.45, 2.75) is 18.9 Å². The summed E-state index contributed by atoms with van der Waals surface area (Å²) in [5.74, 6) is 0.885. The second-order valence-corrected chi connectivity index (χ2v) is 6.07. The lowest BCUT2D eigenvalue weighted by atomic mass is 10.1. The fraction of sp³-hybridized carbons (Fsp3) is 0.267. The van der Waals surface area contributed by atoms with Crippen LogP contribution in [0.3, 0.4) is 0 Å². The van der Waals surface area contributed by atoms with Crippen LogP contribution in [0.1, 0.15) is 23.6 Å². The molecule has 20 heavy (non-hydrogen) atoms. The van der Waals surface area contributed by atoms with E-state index in [0.29, 0.717) is 5.15 Å². The Labute approximate surface area is 131 Å². The predicted octanol–water partition coefficient (Wildman–Crippen LogP) is 4.61. The minimum absolute atomic E-state index is 0.244. The van der Waals surface area contributed by atoms with Gasteiger partial charge < -0.3 is 10.1 Å². The van der Waals surface area contributed by atoms with E-state index in [1.165, 1.54) is 11.1 Å². The number of nitrogens with one attached hydrogen (secondary N) is 1. The number of benzene rings is 1. The number of ether oxygens (including phenoxy) is 1. The van der Waals surface area contributed by atoms with Crippen LogP contribution in [0.5, 0.6) is 5.75 Å². The monoisotopic (exact) mass is 352 g/mol. The van der Waals surface area contributed by atoms with Crippen LogP contribution in [0.25, 0.3) is 0 Å². The third kappa shape index (κ3) is 2.63. The number of aromatic nitrogens is 1. The molecule has 1 atom stereocenters. The molecule has 0 radical (unpaired) electrons. The van der Waals surface area contributed by atoms with Gasteiger partial charge in [-0.15, -0.1) is 0 Å². The summed E-state index contributed by atoms with van der Waals surface area (Å²) < 4.78 is 6.22. The molecule has 1 heterocycles. The quantitative estimate of drug-likeness (QED) is 0.819. The van der Waals surface area contributed by atoms with Crippen molar-refractivity contribution in [3.05, 3.63) is 51.2 Å². The molecular weight excluding hydrogens is 340 g/mol. The van der Waals surface area contributed by atoms with Gasteiger partial charge in [0, 0.05) is 10.7 Å². The lowest BCUT2D eigenvalue weighted by molar-refractivity contribution is 0.414. The summed E-state index contributed by atoms with van der Waals surface area (Å²) in [5, 5.41) is 3.97. The van der Waals surface area contributed by atoms with Gasteiger partial charge in [-0.25, -0.2) is 4.98 Å². The molecule has 1 aliphatic carbocycles. The number of anilines is 1. The van der Waals surface area contributed by atoms with Crippen LogP contribution in [0.2, 0.25) is 5.15 Å². The summed E-state index contributed by atoms with van der Waals surface area (Å²) in [6.07, 6.45) is 3.81. The normalized spacial score (nSPS) is 16.9. The van der Waals surface area contributed by atoms with E-state index in [2.05, 4.69) is 38.4 Å². The number of aryl methyl sites for hydroxylation is 1. The zero-order chi connectivity index (χ0) is 14.1. The molecule has 5 heteroatoms. The van der Waals surface area contributed by atoms with E-state index in [1.54, 1.807) is 13.3 Å². The van der Waals surface area contributed by atoms with Crippen molar-refractivity contribution < 1.29 is 4.74 Å². The van der Waals surface area contributed by atoms with Crippen molar-refractivity contribution in [2.24, 2.45) is 0 Å². The zero-order valence-corrected chi connectivity index (χ0v) is 13.3. The average molecular weight is 354 g/mol. The van der Waals surface area contributed by atoms with Crippen LogP contribution in [0.4, 0.5) is 5.69 Å². The van der Waals surface area contributed by atoms with Gasteiger partial charge in [-0.05, 0) is 58.1 Å². The van der Waals surface area contributed by atoms with Crippen molar-refractivity contribution >= 4 is 33.2 Å². The number of fused-ring (bicyclic) bond motifs is 1. The second-order valence-electron chi connectivity index (χ2n) is 4.79. The molecule has 3 nitrogen and oxygen atoms in total. The van der Waals surface area contributed by atoms with E-state index in [1.807, 2.05) is 12.1 Å². The summed E-state index contributed by atoms with van der Waals surface area (Å²) in [7, 11) is 1.69. The number of hydrogen-bond acceptors (Lipinski definition) is 3. The standard InChI is InChI=1S/C15H14BrClN2O/c1-20-11-4-2-9-3-5-13(12(9)7-11)19-14-6-10(16)8-18-15(14)17/h2,4,6-8,13,19H,3,5H2,1H3. The molecule has 0 aliphatic heterocycles. The smallest absolute Gasteiger partial charge is 0.152 e. The fourth-order valence-corrected chi connectivity index (χ4v) is 3.06. The van der Waals surface area contributed by atoms with Crippen molar-refractivity contribution in [1.82, 2.24) is 4.98 Å². The second kappa shape index (κ2) is 5.62. The lowest BCUT2D eigenvalue weighted by Gasteiger charge is -2.17. The van der Waals surface area contributed by atoms with E-state index in [9.17, 15) is 0 Å². The molecule has 1 N–H and O–H groups in total. The summed E-state index contributed by atoms with van der Waals surface area (Å²) in [6.45, 7) is 0. The third-order valence-electron chi connectivity index (χ3n) is 3.57. The molecule has 1 aliphatic rings. The number of rotatable bonds is 3. The Balaban J connectivity index is 1.89. The van der Waals surface area contributed by atoms with Crippen LogP contribution in [-0.4, -0.2) is 12.1 Å². The van der Waals surface area contributed by atoms with Crippen molar-refractivity contribution in [3.8, 4) is 5.75 Å². The molecule has 1 unspecified atom stereocenters. The van der Waals surface area contributed by atoms with Gasteiger partial charge in [-0.3, -0.25) is 0 Å². The molecule has 104 valence electrons. The molecule has 3 rings (SSSR count). The molecular formula is C15H14BrClN2O. The Morgan fingerprint density at radius 3 is 3.05 bits per heavy atom. The molecule has 1 aromatic heterocycles. The number of hydrogen-bond donors (Lipinski definition) is 1. The summed E-state index contributed by atoms with van der Waals surface area (Å²) in [6, 6.07) is 8.44. The Bertz CT molecular complexity index is 648. The first-order valence-electron chi connectivity index (χ1n) is 6.42. The van der Waals surface area contributed by atoms with E-state index >= 15 is 0 Å². The summed E-state index contributed by atoms with van der Waals surface area (Å²) in [5.41, 5.74) is 3.49. The first kappa shape index (κ1) is 13.7. The number of nitrogens with zero attached hydrogens (tertiary/aromatic N) is 1. The van der Waals surface area contributed by atoms with Crippen LogP contribution in [0.15, 0.2) is 34.9 Å². The Kier molecular flexibility index (Phi) is 3.85. The van der Waals surface area contributed by atoms with Crippen LogP contribution in [0, 0.1) is 0 Å². The number of pyridine rings is 1. The van der Waals surface area contributed by atoms with Crippen molar-refractivity contribution in [1.29, 1.82) is 0 Å².